The van der Waals surface area contributed by atoms with Crippen LogP contribution in [0, 0.1) is 13.8 Å². The highest BCUT2D eigenvalue weighted by Crippen LogP contribution is 2.23. The van der Waals surface area contributed by atoms with E-state index in [1.54, 1.807) is 0 Å². The smallest absolute Gasteiger partial charge is 0.0766 e. The van der Waals surface area contributed by atoms with E-state index in [2.05, 4.69) is 60.0 Å². The summed E-state index contributed by atoms with van der Waals surface area (Å²) in [5.41, 5.74) is 12.6. The molecule has 0 spiro atoms. The van der Waals surface area contributed by atoms with E-state index in [4.69, 9.17) is 5.73 Å². The van der Waals surface area contributed by atoms with E-state index in [0.29, 0.717) is 0 Å². The highest BCUT2D eigenvalue weighted by atomic mass is 79.9. The molecule has 4 heteroatoms. The van der Waals surface area contributed by atoms with Crippen LogP contribution >= 0.6 is 15.9 Å². The van der Waals surface area contributed by atoms with Gasteiger partial charge in [-0.1, -0.05) is 25.1 Å². The van der Waals surface area contributed by atoms with Crippen LogP contribution in [-0.4, -0.2) is 15.8 Å². The quantitative estimate of drug-likeness (QED) is 0.897. The van der Waals surface area contributed by atoms with Gasteiger partial charge in [-0.05, 0) is 59.3 Å². The van der Waals surface area contributed by atoms with Crippen LogP contribution in [0.4, 0.5) is 0 Å². The zero-order valence-corrected chi connectivity index (χ0v) is 14.9. The predicted molar refractivity (Wildman–Crippen MR) is 91.6 cm³/mol. The van der Waals surface area contributed by atoms with Crippen molar-refractivity contribution in [3.8, 4) is 0 Å². The van der Waals surface area contributed by atoms with Crippen LogP contribution in [0.25, 0.3) is 0 Å². The highest BCUT2D eigenvalue weighted by Gasteiger charge is 2.16. The highest BCUT2D eigenvalue weighted by molar-refractivity contribution is 9.10. The Kier molecular flexibility index (Phi) is 5.22. The second-order valence-corrected chi connectivity index (χ2v) is 6.56. The Hall–Kier alpha value is -1.13. The largest absolute Gasteiger partial charge is 0.327 e. The number of hydrogen-bond donors (Lipinski definition) is 1. The lowest BCUT2D eigenvalue weighted by molar-refractivity contribution is 0.610. The van der Waals surface area contributed by atoms with Gasteiger partial charge >= 0.3 is 0 Å². The van der Waals surface area contributed by atoms with Crippen molar-refractivity contribution >= 4 is 15.9 Å². The van der Waals surface area contributed by atoms with Gasteiger partial charge in [0.15, 0.2) is 0 Å². The molecular weight excluding hydrogens is 326 g/mol. The minimum Gasteiger partial charge on any atom is -0.327 e. The third-order valence-electron chi connectivity index (χ3n) is 4.03. The molecule has 2 rings (SSSR count). The fraction of sp³-hybridized carbons (Fsp3) is 0.471. The van der Waals surface area contributed by atoms with Gasteiger partial charge < -0.3 is 5.73 Å². The summed E-state index contributed by atoms with van der Waals surface area (Å²) < 4.78 is 3.06. The maximum atomic E-state index is 6.35. The molecule has 1 heterocycles. The van der Waals surface area contributed by atoms with Gasteiger partial charge in [-0.2, -0.15) is 5.10 Å². The number of nitrogens with zero attached hydrogens (tertiary/aromatic N) is 2. The second kappa shape index (κ2) is 6.75. The van der Waals surface area contributed by atoms with Crippen molar-refractivity contribution in [1.29, 1.82) is 0 Å². The number of halogens is 1. The van der Waals surface area contributed by atoms with Gasteiger partial charge in [-0.15, -0.1) is 0 Å². The van der Waals surface area contributed by atoms with Gasteiger partial charge in [0.25, 0.3) is 0 Å². The molecule has 1 atom stereocenters. The molecular formula is C17H24BrN3. The Morgan fingerprint density at radius 3 is 2.52 bits per heavy atom. The molecule has 114 valence electrons. The molecule has 0 fully saturated rings. The van der Waals surface area contributed by atoms with Gasteiger partial charge in [0.1, 0.15) is 0 Å². The van der Waals surface area contributed by atoms with E-state index in [1.165, 1.54) is 22.4 Å². The molecule has 21 heavy (non-hydrogen) atoms. The van der Waals surface area contributed by atoms with Crippen molar-refractivity contribution in [2.75, 3.05) is 0 Å². The Labute approximate surface area is 135 Å². The number of rotatable bonds is 5. The summed E-state index contributed by atoms with van der Waals surface area (Å²) in [5.74, 6) is 0. The summed E-state index contributed by atoms with van der Waals surface area (Å²) in [4.78, 5) is 0. The minimum absolute atomic E-state index is 0.100. The first-order valence-corrected chi connectivity index (χ1v) is 8.23. The molecule has 1 unspecified atom stereocenters. The molecule has 3 nitrogen and oxygen atoms in total. The first-order chi connectivity index (χ1) is 9.92. The average Bonchev–Trinajstić information content (AvgIpc) is 2.70. The lowest BCUT2D eigenvalue weighted by Gasteiger charge is -2.13. The van der Waals surface area contributed by atoms with E-state index in [-0.39, 0.29) is 6.04 Å². The summed E-state index contributed by atoms with van der Waals surface area (Å²) in [5, 5.41) is 4.53. The summed E-state index contributed by atoms with van der Waals surface area (Å²) in [7, 11) is 1.99. The van der Waals surface area contributed by atoms with Gasteiger partial charge in [0.2, 0.25) is 0 Å². The first-order valence-electron chi connectivity index (χ1n) is 7.44. The van der Waals surface area contributed by atoms with Crippen LogP contribution in [-0.2, 0) is 26.3 Å². The number of benzene rings is 1. The summed E-state index contributed by atoms with van der Waals surface area (Å²) in [6.07, 6.45) is 2.65. The van der Waals surface area contributed by atoms with Crippen LogP contribution in [0.15, 0.2) is 22.7 Å². The standard InChI is InChI=1S/C17H24BrN3/c1-5-15-17(18)16(21(4)20-15)10-14(19)9-13-7-6-11(2)12(3)8-13/h6-8,14H,5,9-10,19H2,1-4H3. The molecule has 0 saturated carbocycles. The molecule has 0 aliphatic heterocycles. The molecule has 0 bridgehead atoms. The average molecular weight is 350 g/mol. The van der Waals surface area contributed by atoms with Gasteiger partial charge in [0, 0.05) is 19.5 Å². The molecule has 1 aromatic carbocycles. The molecule has 0 radical (unpaired) electrons. The molecule has 2 N–H and O–H groups in total. The minimum atomic E-state index is 0.100. The van der Waals surface area contributed by atoms with E-state index in [9.17, 15) is 0 Å². The Morgan fingerprint density at radius 2 is 1.95 bits per heavy atom. The monoisotopic (exact) mass is 349 g/mol. The fourth-order valence-corrected chi connectivity index (χ4v) is 3.37. The van der Waals surface area contributed by atoms with Crippen molar-refractivity contribution in [2.45, 2.75) is 46.1 Å². The first kappa shape index (κ1) is 16.2. The lowest BCUT2D eigenvalue weighted by atomic mass is 9.99. The zero-order chi connectivity index (χ0) is 15.6. The van der Waals surface area contributed by atoms with Crippen LogP contribution in [0.1, 0.15) is 35.0 Å². The SMILES string of the molecule is CCc1nn(C)c(CC(N)Cc2ccc(C)c(C)c2)c1Br. The van der Waals surface area contributed by atoms with Crippen LogP contribution < -0.4 is 5.73 Å². The van der Waals surface area contributed by atoms with Gasteiger partial charge in [-0.3, -0.25) is 4.68 Å². The van der Waals surface area contributed by atoms with Crippen molar-refractivity contribution in [3.63, 3.8) is 0 Å². The molecule has 0 aliphatic rings. The van der Waals surface area contributed by atoms with Gasteiger partial charge in [-0.25, -0.2) is 0 Å². The second-order valence-electron chi connectivity index (χ2n) is 5.77. The topological polar surface area (TPSA) is 43.8 Å². The van der Waals surface area contributed by atoms with Crippen molar-refractivity contribution in [1.82, 2.24) is 9.78 Å². The van der Waals surface area contributed by atoms with Crippen molar-refractivity contribution < 1.29 is 0 Å². The third-order valence-corrected chi connectivity index (χ3v) is 4.94. The van der Waals surface area contributed by atoms with Crippen molar-refractivity contribution in [3.05, 3.63) is 50.8 Å². The van der Waals surface area contributed by atoms with E-state index in [1.807, 2.05) is 11.7 Å². The Bertz CT molecular complexity index is 631. The summed E-state index contributed by atoms with van der Waals surface area (Å²) >= 11 is 3.66. The maximum absolute atomic E-state index is 6.35. The van der Waals surface area contributed by atoms with Crippen LogP contribution in [0.5, 0.6) is 0 Å². The fourth-order valence-electron chi connectivity index (χ4n) is 2.60. The molecule has 1 aromatic heterocycles. The molecule has 0 saturated heterocycles. The normalized spacial score (nSPS) is 12.7. The summed E-state index contributed by atoms with van der Waals surface area (Å²) in [6, 6.07) is 6.69. The molecule has 0 aliphatic carbocycles. The number of aromatic nitrogens is 2. The maximum Gasteiger partial charge on any atom is 0.0766 e. The number of hydrogen-bond acceptors (Lipinski definition) is 2. The molecule has 2 aromatic rings. The Balaban J connectivity index is 2.09. The van der Waals surface area contributed by atoms with E-state index in [0.717, 1.165) is 29.4 Å². The predicted octanol–water partition coefficient (Wildman–Crippen LogP) is 3.47. The van der Waals surface area contributed by atoms with E-state index < -0.39 is 0 Å². The van der Waals surface area contributed by atoms with Crippen LogP contribution in [0.3, 0.4) is 0 Å². The third kappa shape index (κ3) is 3.74. The Morgan fingerprint density at radius 1 is 1.24 bits per heavy atom. The number of nitrogens with two attached hydrogens (primary N) is 1. The molecule has 0 amide bonds. The summed E-state index contributed by atoms with van der Waals surface area (Å²) in [6.45, 7) is 6.40. The van der Waals surface area contributed by atoms with Crippen molar-refractivity contribution in [2.24, 2.45) is 12.8 Å². The van der Waals surface area contributed by atoms with Gasteiger partial charge in [0.05, 0.1) is 15.9 Å². The lowest BCUT2D eigenvalue weighted by Crippen LogP contribution is -2.26. The van der Waals surface area contributed by atoms with E-state index >= 15 is 0 Å². The number of aryl methyl sites for hydroxylation is 4. The zero-order valence-electron chi connectivity index (χ0n) is 13.3. The van der Waals surface area contributed by atoms with Crippen LogP contribution in [0.2, 0.25) is 0 Å².